The summed E-state index contributed by atoms with van der Waals surface area (Å²) in [5.74, 6) is 0.354. The Morgan fingerprint density at radius 1 is 1.00 bits per heavy atom. The second-order valence-corrected chi connectivity index (χ2v) is 8.49. The van der Waals surface area contributed by atoms with Crippen molar-refractivity contribution in [2.75, 3.05) is 11.5 Å². The third-order valence-corrected chi connectivity index (χ3v) is 5.61. The molecule has 3 aromatic carbocycles. The summed E-state index contributed by atoms with van der Waals surface area (Å²) in [7, 11) is 0. The Balaban J connectivity index is 1.60. The van der Waals surface area contributed by atoms with Crippen LogP contribution in [0.5, 0.6) is 11.5 Å². The van der Waals surface area contributed by atoms with E-state index < -0.39 is 11.9 Å². The highest BCUT2D eigenvalue weighted by Gasteiger charge is 2.35. The van der Waals surface area contributed by atoms with E-state index in [0.717, 1.165) is 16.0 Å². The van der Waals surface area contributed by atoms with Crippen LogP contribution >= 0.6 is 23.2 Å². The molecule has 0 aliphatic carbocycles. The fraction of sp³-hybridized carbons (Fsp3) is 0.154. The molecule has 6 nitrogen and oxygen atoms in total. The van der Waals surface area contributed by atoms with Crippen molar-refractivity contribution in [3.05, 3.63) is 93.1 Å². The third-order valence-electron chi connectivity index (χ3n) is 5.09. The molecular weight excluding hydrogens is 475 g/mol. The lowest BCUT2D eigenvalue weighted by atomic mass is 10.1. The molecule has 34 heavy (non-hydrogen) atoms. The summed E-state index contributed by atoms with van der Waals surface area (Å²) >= 11 is 12.5. The second kappa shape index (κ2) is 10.2. The van der Waals surface area contributed by atoms with Gasteiger partial charge in [-0.15, -0.1) is 0 Å². The van der Waals surface area contributed by atoms with E-state index in [4.69, 9.17) is 32.7 Å². The Kier molecular flexibility index (Phi) is 7.10. The lowest BCUT2D eigenvalue weighted by Crippen LogP contribution is -2.30. The van der Waals surface area contributed by atoms with Gasteiger partial charge in [0.05, 0.1) is 17.3 Å². The van der Waals surface area contributed by atoms with E-state index in [2.05, 4.69) is 5.32 Å². The standard InChI is InChI=1S/C26H22Cl2N2O4/c1-3-33-23-13-18(11-21(28)24(23)34-15-17-9-7-16(2)8-10-17)12-22-25(31)30(26(32)29-22)20-6-4-5-19(27)14-20/h4-14H,3,15H2,1-2H3,(H,29,32)/b22-12+. The number of carbonyl (C=O) groups is 2. The van der Waals surface area contributed by atoms with E-state index in [1.54, 1.807) is 42.5 Å². The summed E-state index contributed by atoms with van der Waals surface area (Å²) < 4.78 is 11.7. The lowest BCUT2D eigenvalue weighted by molar-refractivity contribution is -0.113. The quantitative estimate of drug-likeness (QED) is 0.304. The molecule has 0 spiro atoms. The molecule has 0 atom stereocenters. The van der Waals surface area contributed by atoms with Gasteiger partial charge in [0.25, 0.3) is 5.91 Å². The number of benzene rings is 3. The first-order valence-electron chi connectivity index (χ1n) is 10.6. The first kappa shape index (κ1) is 23.7. The minimum Gasteiger partial charge on any atom is -0.490 e. The van der Waals surface area contributed by atoms with Gasteiger partial charge in [-0.3, -0.25) is 4.79 Å². The highest BCUT2D eigenvalue weighted by Crippen LogP contribution is 2.38. The molecule has 0 bridgehead atoms. The summed E-state index contributed by atoms with van der Waals surface area (Å²) in [4.78, 5) is 26.4. The molecule has 0 radical (unpaired) electrons. The third kappa shape index (κ3) is 5.19. The van der Waals surface area contributed by atoms with Crippen molar-refractivity contribution < 1.29 is 19.1 Å². The number of nitrogens with zero attached hydrogens (tertiary/aromatic N) is 1. The summed E-state index contributed by atoms with van der Waals surface area (Å²) in [5, 5.41) is 3.35. The van der Waals surface area contributed by atoms with Crippen molar-refractivity contribution in [1.29, 1.82) is 0 Å². The Morgan fingerprint density at radius 3 is 2.47 bits per heavy atom. The number of hydrogen-bond donors (Lipinski definition) is 1. The number of ether oxygens (including phenoxy) is 2. The van der Waals surface area contributed by atoms with Gasteiger partial charge >= 0.3 is 6.03 Å². The zero-order chi connectivity index (χ0) is 24.2. The van der Waals surface area contributed by atoms with Crippen molar-refractivity contribution in [1.82, 2.24) is 5.32 Å². The van der Waals surface area contributed by atoms with Gasteiger partial charge in [-0.05, 0) is 61.4 Å². The molecule has 0 saturated carbocycles. The molecule has 3 aromatic rings. The molecule has 1 fully saturated rings. The Bertz CT molecular complexity index is 1270. The fourth-order valence-electron chi connectivity index (χ4n) is 3.47. The van der Waals surface area contributed by atoms with Crippen LogP contribution in [0.4, 0.5) is 10.5 Å². The van der Waals surface area contributed by atoms with Crippen LogP contribution in [0, 0.1) is 6.92 Å². The van der Waals surface area contributed by atoms with Crippen molar-refractivity contribution in [3.8, 4) is 11.5 Å². The molecule has 8 heteroatoms. The van der Waals surface area contributed by atoms with Crippen molar-refractivity contribution in [2.24, 2.45) is 0 Å². The van der Waals surface area contributed by atoms with Gasteiger partial charge in [0.15, 0.2) is 11.5 Å². The zero-order valence-electron chi connectivity index (χ0n) is 18.6. The molecule has 1 aliphatic heterocycles. The van der Waals surface area contributed by atoms with Crippen LogP contribution in [0.2, 0.25) is 10.0 Å². The van der Waals surface area contributed by atoms with Crippen LogP contribution in [0.3, 0.4) is 0 Å². The molecular formula is C26H22Cl2N2O4. The van der Waals surface area contributed by atoms with Gasteiger partial charge in [0, 0.05) is 5.02 Å². The van der Waals surface area contributed by atoms with E-state index in [9.17, 15) is 9.59 Å². The average Bonchev–Trinajstić information content (AvgIpc) is 3.07. The van der Waals surface area contributed by atoms with Gasteiger partial charge < -0.3 is 14.8 Å². The molecule has 0 aromatic heterocycles. The minimum absolute atomic E-state index is 0.108. The number of urea groups is 1. The molecule has 1 aliphatic rings. The number of carbonyl (C=O) groups excluding carboxylic acids is 2. The maximum absolute atomic E-state index is 12.9. The van der Waals surface area contributed by atoms with Gasteiger partial charge in [0.2, 0.25) is 0 Å². The van der Waals surface area contributed by atoms with Gasteiger partial charge in [-0.25, -0.2) is 9.69 Å². The lowest BCUT2D eigenvalue weighted by Gasteiger charge is -2.15. The first-order chi connectivity index (χ1) is 16.4. The monoisotopic (exact) mass is 496 g/mol. The molecule has 4 rings (SSSR count). The highest BCUT2D eigenvalue weighted by molar-refractivity contribution is 6.33. The highest BCUT2D eigenvalue weighted by atomic mass is 35.5. The molecule has 1 heterocycles. The topological polar surface area (TPSA) is 67.9 Å². The number of aryl methyl sites for hydroxylation is 1. The van der Waals surface area contributed by atoms with Crippen molar-refractivity contribution >= 4 is 46.9 Å². The number of amides is 3. The number of halogens is 2. The molecule has 174 valence electrons. The number of imide groups is 1. The van der Waals surface area contributed by atoms with Crippen LogP contribution in [-0.4, -0.2) is 18.5 Å². The maximum Gasteiger partial charge on any atom is 0.333 e. The minimum atomic E-state index is -0.562. The summed E-state index contributed by atoms with van der Waals surface area (Å²) in [6, 6.07) is 17.3. The Hall–Kier alpha value is -3.48. The smallest absolute Gasteiger partial charge is 0.333 e. The predicted molar refractivity (Wildman–Crippen MR) is 134 cm³/mol. The van der Waals surface area contributed by atoms with Gasteiger partial charge in [0.1, 0.15) is 12.3 Å². The van der Waals surface area contributed by atoms with Crippen LogP contribution in [0.15, 0.2) is 66.4 Å². The van der Waals surface area contributed by atoms with Gasteiger partial charge in [-0.1, -0.05) is 59.1 Å². The van der Waals surface area contributed by atoms with Crippen LogP contribution < -0.4 is 19.7 Å². The average molecular weight is 497 g/mol. The fourth-order valence-corrected chi connectivity index (χ4v) is 3.92. The second-order valence-electron chi connectivity index (χ2n) is 7.65. The van der Waals surface area contributed by atoms with Crippen molar-refractivity contribution in [3.63, 3.8) is 0 Å². The molecule has 0 unspecified atom stereocenters. The molecule has 1 saturated heterocycles. The summed E-state index contributed by atoms with van der Waals surface area (Å²) in [6.45, 7) is 4.60. The van der Waals surface area contributed by atoms with E-state index in [0.29, 0.717) is 46.0 Å². The molecule has 1 N–H and O–H groups in total. The number of rotatable bonds is 7. The van der Waals surface area contributed by atoms with Crippen molar-refractivity contribution in [2.45, 2.75) is 20.5 Å². The maximum atomic E-state index is 12.9. The number of anilines is 1. The number of hydrogen-bond acceptors (Lipinski definition) is 4. The SMILES string of the molecule is CCOc1cc(/C=C2/NC(=O)N(c3cccc(Cl)c3)C2=O)cc(Cl)c1OCc1ccc(C)cc1. The predicted octanol–water partition coefficient (Wildman–Crippen LogP) is 6.38. The Morgan fingerprint density at radius 2 is 1.76 bits per heavy atom. The largest absolute Gasteiger partial charge is 0.490 e. The van der Waals surface area contributed by atoms with Crippen LogP contribution in [0.25, 0.3) is 6.08 Å². The number of nitrogens with one attached hydrogen (secondary N) is 1. The van der Waals surface area contributed by atoms with E-state index in [1.807, 2.05) is 38.1 Å². The summed E-state index contributed by atoms with van der Waals surface area (Å²) in [5.41, 5.74) is 3.23. The van der Waals surface area contributed by atoms with Crippen LogP contribution in [0.1, 0.15) is 23.6 Å². The normalized spacial score (nSPS) is 14.5. The molecule has 3 amide bonds. The Labute approximate surface area is 207 Å². The van der Waals surface area contributed by atoms with Gasteiger partial charge in [-0.2, -0.15) is 0 Å². The van der Waals surface area contributed by atoms with E-state index in [1.165, 1.54) is 0 Å². The zero-order valence-corrected chi connectivity index (χ0v) is 20.1. The van der Waals surface area contributed by atoms with E-state index in [-0.39, 0.29) is 5.70 Å². The van der Waals surface area contributed by atoms with Crippen LogP contribution in [-0.2, 0) is 11.4 Å². The van der Waals surface area contributed by atoms with E-state index >= 15 is 0 Å². The first-order valence-corrected chi connectivity index (χ1v) is 11.4. The summed E-state index contributed by atoms with van der Waals surface area (Å²) in [6.07, 6.45) is 1.54.